The van der Waals surface area contributed by atoms with E-state index in [9.17, 15) is 18.8 Å². The summed E-state index contributed by atoms with van der Waals surface area (Å²) in [6, 6.07) is 10.9. The van der Waals surface area contributed by atoms with Crippen molar-refractivity contribution >= 4 is 52.7 Å². The van der Waals surface area contributed by atoms with Crippen molar-refractivity contribution in [1.29, 1.82) is 0 Å². The molecule has 2 atom stereocenters. The minimum absolute atomic E-state index is 0.0851. The summed E-state index contributed by atoms with van der Waals surface area (Å²) in [5, 5.41) is 5.21. The van der Waals surface area contributed by atoms with Gasteiger partial charge in [-0.15, -0.1) is 11.8 Å². The number of hydrogen-bond donors (Lipinski definition) is 2. The first-order valence-corrected chi connectivity index (χ1v) is 14.5. The fraction of sp³-hybridized carbons (Fsp3) is 0.444. The van der Waals surface area contributed by atoms with E-state index in [2.05, 4.69) is 15.5 Å². The number of amides is 3. The molecular formula is C27H31Cl2FN4O4S. The quantitative estimate of drug-likeness (QED) is 0.385. The average molecular weight is 598 g/mol. The third kappa shape index (κ3) is 8.56. The lowest BCUT2D eigenvalue weighted by atomic mass is 10.1. The Balaban J connectivity index is 1.36. The molecule has 2 N–H and O–H groups in total. The predicted octanol–water partition coefficient (Wildman–Crippen LogP) is 3.62. The Morgan fingerprint density at radius 2 is 1.87 bits per heavy atom. The van der Waals surface area contributed by atoms with Crippen molar-refractivity contribution in [3.05, 3.63) is 69.5 Å². The Hall–Kier alpha value is -2.37. The molecule has 0 aliphatic carbocycles. The summed E-state index contributed by atoms with van der Waals surface area (Å²) < 4.78 is 18.8. The number of nitrogens with zero attached hydrogens (tertiary/aromatic N) is 2. The maximum absolute atomic E-state index is 13.4. The summed E-state index contributed by atoms with van der Waals surface area (Å²) in [6.07, 6.45) is 0.702. The summed E-state index contributed by atoms with van der Waals surface area (Å²) in [7, 11) is 0. The fourth-order valence-corrected chi connectivity index (χ4v) is 6.55. The molecule has 2 aliphatic rings. The van der Waals surface area contributed by atoms with Crippen LogP contribution >= 0.6 is 35.0 Å². The van der Waals surface area contributed by atoms with Crippen molar-refractivity contribution in [2.45, 2.75) is 30.0 Å². The number of morpholine rings is 1. The molecule has 12 heteroatoms. The topological polar surface area (TPSA) is 91.0 Å². The van der Waals surface area contributed by atoms with Gasteiger partial charge in [0.05, 0.1) is 18.5 Å². The number of nitrogens with one attached hydrogen (secondary N) is 2. The maximum Gasteiger partial charge on any atom is 0.239 e. The largest absolute Gasteiger partial charge is 0.379 e. The second kappa shape index (κ2) is 14.3. The number of carbonyl (C=O) groups is 3. The van der Waals surface area contributed by atoms with Crippen LogP contribution < -0.4 is 10.6 Å². The molecule has 3 amide bonds. The first kappa shape index (κ1) is 29.6. The Kier molecular flexibility index (Phi) is 10.9. The molecule has 8 nitrogen and oxygen atoms in total. The molecule has 2 aromatic rings. The van der Waals surface area contributed by atoms with E-state index >= 15 is 0 Å². The van der Waals surface area contributed by atoms with Gasteiger partial charge in [0, 0.05) is 48.2 Å². The predicted molar refractivity (Wildman–Crippen MR) is 150 cm³/mol. The number of benzene rings is 2. The van der Waals surface area contributed by atoms with Crippen molar-refractivity contribution in [2.24, 2.45) is 0 Å². The van der Waals surface area contributed by atoms with E-state index in [1.165, 1.54) is 28.8 Å². The van der Waals surface area contributed by atoms with Gasteiger partial charge in [0.15, 0.2) is 0 Å². The smallest absolute Gasteiger partial charge is 0.239 e. The lowest BCUT2D eigenvalue weighted by Gasteiger charge is -2.26. The number of halogens is 3. The van der Waals surface area contributed by atoms with Crippen LogP contribution in [0.2, 0.25) is 10.0 Å². The molecule has 0 bridgehead atoms. The van der Waals surface area contributed by atoms with Gasteiger partial charge in [-0.25, -0.2) is 4.39 Å². The minimum Gasteiger partial charge on any atom is -0.379 e. The van der Waals surface area contributed by atoms with E-state index in [0.29, 0.717) is 27.7 Å². The molecule has 0 spiro atoms. The Bertz CT molecular complexity index is 1180. The lowest BCUT2D eigenvalue weighted by Crippen LogP contribution is -2.42. The molecule has 2 aliphatic heterocycles. The molecule has 2 saturated heterocycles. The molecule has 0 unspecified atom stereocenters. The molecular weight excluding hydrogens is 566 g/mol. The molecule has 2 aromatic carbocycles. The summed E-state index contributed by atoms with van der Waals surface area (Å²) in [4.78, 5) is 42.6. The second-order valence-corrected chi connectivity index (χ2v) is 11.5. The zero-order valence-electron chi connectivity index (χ0n) is 21.3. The molecule has 0 aromatic heterocycles. The van der Waals surface area contributed by atoms with Crippen molar-refractivity contribution < 1.29 is 23.5 Å². The Labute approximate surface area is 241 Å². The number of ether oxygens (including phenoxy) is 1. The molecule has 0 radical (unpaired) electrons. The van der Waals surface area contributed by atoms with Gasteiger partial charge in [0.2, 0.25) is 17.7 Å². The fourth-order valence-electron chi connectivity index (χ4n) is 4.48. The third-order valence-corrected chi connectivity index (χ3v) is 8.53. The monoisotopic (exact) mass is 596 g/mol. The third-order valence-electron chi connectivity index (χ3n) is 6.50. The van der Waals surface area contributed by atoms with Gasteiger partial charge in [-0.3, -0.25) is 19.3 Å². The van der Waals surface area contributed by atoms with Crippen LogP contribution in [-0.2, 0) is 25.7 Å². The van der Waals surface area contributed by atoms with Gasteiger partial charge in [-0.1, -0.05) is 41.4 Å². The lowest BCUT2D eigenvalue weighted by molar-refractivity contribution is -0.136. The number of thioether (sulfide) groups is 1. The molecule has 2 heterocycles. The zero-order valence-corrected chi connectivity index (χ0v) is 23.7. The number of carbonyl (C=O) groups excluding carboxylic acids is 3. The Morgan fingerprint density at radius 1 is 1.08 bits per heavy atom. The molecule has 210 valence electrons. The van der Waals surface area contributed by atoms with Crippen molar-refractivity contribution in [1.82, 2.24) is 20.4 Å². The normalized spacial score (nSPS) is 19.8. The van der Waals surface area contributed by atoms with Crippen LogP contribution in [0.15, 0.2) is 42.5 Å². The van der Waals surface area contributed by atoms with Crippen molar-refractivity contribution in [2.75, 3.05) is 45.9 Å². The second-order valence-electron chi connectivity index (χ2n) is 9.38. The van der Waals surface area contributed by atoms with Crippen molar-refractivity contribution in [3.63, 3.8) is 0 Å². The average Bonchev–Trinajstić information content (AvgIpc) is 3.20. The maximum atomic E-state index is 13.4. The van der Waals surface area contributed by atoms with Gasteiger partial charge in [-0.2, -0.15) is 0 Å². The molecule has 0 saturated carbocycles. The van der Waals surface area contributed by atoms with E-state index < -0.39 is 10.6 Å². The standard InChI is InChI=1S/C27H31Cl2FN4O4S/c28-19-5-6-21(22(29)14-19)27-34(17-25(36)31-7-2-8-33-9-11-38-12-10-33)26(37)23(39-27)15-24(35)32-16-18-3-1-4-20(30)13-18/h1,3-6,13-14,23,27H,2,7-12,15-17H2,(H,31,36)(H,32,35)/t23-,27-/m1/s1. The van der Waals surface area contributed by atoms with Gasteiger partial charge in [0.1, 0.15) is 17.7 Å². The van der Waals surface area contributed by atoms with E-state index in [4.69, 9.17) is 27.9 Å². The molecule has 39 heavy (non-hydrogen) atoms. The van der Waals surface area contributed by atoms with E-state index in [1.54, 1.807) is 30.3 Å². The van der Waals surface area contributed by atoms with Crippen LogP contribution in [0.3, 0.4) is 0 Å². The zero-order chi connectivity index (χ0) is 27.8. The van der Waals surface area contributed by atoms with Crippen LogP contribution in [-0.4, -0.2) is 78.7 Å². The molecule has 2 fully saturated rings. The van der Waals surface area contributed by atoms with Gasteiger partial charge >= 0.3 is 0 Å². The first-order valence-electron chi connectivity index (χ1n) is 12.8. The minimum atomic E-state index is -0.705. The highest BCUT2D eigenvalue weighted by Gasteiger charge is 2.43. The van der Waals surface area contributed by atoms with Gasteiger partial charge in [0.25, 0.3) is 0 Å². The highest BCUT2D eigenvalue weighted by atomic mass is 35.5. The first-order chi connectivity index (χ1) is 18.8. The SMILES string of the molecule is O=C(C[C@H]1S[C@H](c2ccc(Cl)cc2Cl)N(CC(=O)NCCCN2CCOCC2)C1=O)NCc1cccc(F)c1. The molecule has 4 rings (SSSR count). The van der Waals surface area contributed by atoms with Crippen LogP contribution in [0.5, 0.6) is 0 Å². The highest BCUT2D eigenvalue weighted by molar-refractivity contribution is 8.01. The van der Waals surface area contributed by atoms with Crippen LogP contribution in [0.1, 0.15) is 29.3 Å². The summed E-state index contributed by atoms with van der Waals surface area (Å²) >= 11 is 13.8. The number of hydrogen-bond acceptors (Lipinski definition) is 6. The van der Waals surface area contributed by atoms with Crippen LogP contribution in [0, 0.1) is 5.82 Å². The summed E-state index contributed by atoms with van der Waals surface area (Å²) in [5.41, 5.74) is 1.26. The van der Waals surface area contributed by atoms with Crippen LogP contribution in [0.25, 0.3) is 0 Å². The highest BCUT2D eigenvalue weighted by Crippen LogP contribution is 2.46. The van der Waals surface area contributed by atoms with E-state index in [-0.39, 0.29) is 43.0 Å². The van der Waals surface area contributed by atoms with Crippen molar-refractivity contribution in [3.8, 4) is 0 Å². The van der Waals surface area contributed by atoms with E-state index in [1.807, 2.05) is 0 Å². The number of rotatable bonds is 11. The summed E-state index contributed by atoms with van der Waals surface area (Å²) in [5.74, 6) is -1.33. The van der Waals surface area contributed by atoms with Crippen LogP contribution in [0.4, 0.5) is 4.39 Å². The Morgan fingerprint density at radius 3 is 2.62 bits per heavy atom. The van der Waals surface area contributed by atoms with Gasteiger partial charge < -0.3 is 20.3 Å². The summed E-state index contributed by atoms with van der Waals surface area (Å²) in [6.45, 7) is 4.54. The van der Waals surface area contributed by atoms with E-state index in [0.717, 1.165) is 39.3 Å². The van der Waals surface area contributed by atoms with Gasteiger partial charge in [-0.05, 0) is 42.8 Å².